The summed E-state index contributed by atoms with van der Waals surface area (Å²) in [6, 6.07) is 16.3. The van der Waals surface area contributed by atoms with E-state index in [4.69, 9.17) is 9.41 Å². The molecule has 1 aliphatic heterocycles. The maximum absolute atomic E-state index is 5.59. The van der Waals surface area contributed by atoms with Crippen molar-refractivity contribution in [1.82, 2.24) is 0 Å². The second-order valence-electron chi connectivity index (χ2n) is 5.16. The number of fused-ring (bicyclic) bond motifs is 1. The quantitative estimate of drug-likeness (QED) is 0.757. The van der Waals surface area contributed by atoms with Crippen LogP contribution < -0.4 is 5.32 Å². The van der Waals surface area contributed by atoms with E-state index in [1.807, 2.05) is 31.2 Å². The first-order valence-electron chi connectivity index (χ1n) is 6.81. The number of furan rings is 1. The van der Waals surface area contributed by atoms with Gasteiger partial charge in [-0.05, 0) is 36.6 Å². The number of hydrogen-bond donors (Lipinski definition) is 1. The van der Waals surface area contributed by atoms with Crippen molar-refractivity contribution in [2.75, 3.05) is 5.32 Å². The van der Waals surface area contributed by atoms with E-state index in [2.05, 4.69) is 35.0 Å². The SMILES string of the molecule is CC1(c2ccco2)N=C(c2cccs2)c2ccccc2N1. The molecule has 3 heterocycles. The zero-order valence-corrected chi connectivity index (χ0v) is 12.4. The van der Waals surface area contributed by atoms with Crippen molar-refractivity contribution in [2.45, 2.75) is 12.6 Å². The normalized spacial score (nSPS) is 20.5. The number of nitrogens with zero attached hydrogens (tertiary/aromatic N) is 1. The Morgan fingerprint density at radius 3 is 2.76 bits per heavy atom. The number of nitrogens with one attached hydrogen (secondary N) is 1. The zero-order chi connectivity index (χ0) is 14.3. The molecular weight excluding hydrogens is 280 g/mol. The Bertz CT molecular complexity index is 790. The number of rotatable bonds is 2. The van der Waals surface area contributed by atoms with Crippen molar-refractivity contribution < 1.29 is 4.42 Å². The van der Waals surface area contributed by atoms with Crippen LogP contribution in [-0.2, 0) is 5.66 Å². The van der Waals surface area contributed by atoms with Crippen LogP contribution in [0.3, 0.4) is 0 Å². The van der Waals surface area contributed by atoms with Gasteiger partial charge in [-0.3, -0.25) is 0 Å². The van der Waals surface area contributed by atoms with Crippen LogP contribution in [0.1, 0.15) is 23.1 Å². The Morgan fingerprint density at radius 1 is 1.10 bits per heavy atom. The average Bonchev–Trinajstić information content (AvgIpc) is 3.20. The molecule has 1 atom stereocenters. The standard InChI is InChI=1S/C17H14N2OS/c1-17(15-9-4-10-20-15)18-13-7-3-2-6-12(13)16(19-17)14-8-5-11-21-14/h2-11,18H,1H3. The topological polar surface area (TPSA) is 37.5 Å². The fourth-order valence-electron chi connectivity index (χ4n) is 2.65. The Morgan fingerprint density at radius 2 is 2.00 bits per heavy atom. The highest BCUT2D eigenvalue weighted by molar-refractivity contribution is 7.12. The molecule has 4 heteroatoms. The van der Waals surface area contributed by atoms with E-state index in [0.717, 1.165) is 22.7 Å². The fraction of sp³-hybridized carbons (Fsp3) is 0.118. The lowest BCUT2D eigenvalue weighted by molar-refractivity contribution is 0.404. The Kier molecular flexibility index (Phi) is 2.72. The van der Waals surface area contributed by atoms with Gasteiger partial charge in [-0.2, -0.15) is 0 Å². The summed E-state index contributed by atoms with van der Waals surface area (Å²) in [6.45, 7) is 2.04. The predicted octanol–water partition coefficient (Wildman–Crippen LogP) is 4.48. The largest absolute Gasteiger partial charge is 0.465 e. The van der Waals surface area contributed by atoms with E-state index in [1.54, 1.807) is 17.6 Å². The van der Waals surface area contributed by atoms with Crippen LogP contribution in [0.5, 0.6) is 0 Å². The molecule has 4 rings (SSSR count). The van der Waals surface area contributed by atoms with E-state index in [-0.39, 0.29) is 0 Å². The van der Waals surface area contributed by atoms with Crippen molar-refractivity contribution in [3.63, 3.8) is 0 Å². The molecule has 3 nitrogen and oxygen atoms in total. The summed E-state index contributed by atoms with van der Waals surface area (Å²) in [4.78, 5) is 6.13. The minimum absolute atomic E-state index is 0.586. The minimum atomic E-state index is -0.586. The highest BCUT2D eigenvalue weighted by Gasteiger charge is 2.34. The summed E-state index contributed by atoms with van der Waals surface area (Å²) in [5, 5.41) is 5.57. The fourth-order valence-corrected chi connectivity index (χ4v) is 3.37. The van der Waals surface area contributed by atoms with Gasteiger partial charge in [0, 0.05) is 11.3 Å². The molecule has 0 fully saturated rings. The number of anilines is 1. The van der Waals surface area contributed by atoms with Gasteiger partial charge in [0.2, 0.25) is 0 Å². The molecule has 1 aliphatic rings. The second-order valence-corrected chi connectivity index (χ2v) is 6.11. The second kappa shape index (κ2) is 4.60. The maximum atomic E-state index is 5.59. The first kappa shape index (κ1) is 12.4. The van der Waals surface area contributed by atoms with E-state index >= 15 is 0 Å². The number of benzene rings is 1. The van der Waals surface area contributed by atoms with Gasteiger partial charge in [0.05, 0.1) is 16.9 Å². The van der Waals surface area contributed by atoms with Gasteiger partial charge < -0.3 is 9.73 Å². The molecule has 0 saturated heterocycles. The number of hydrogen-bond acceptors (Lipinski definition) is 4. The van der Waals surface area contributed by atoms with Crippen LogP contribution in [0.25, 0.3) is 0 Å². The molecule has 0 spiro atoms. The highest BCUT2D eigenvalue weighted by Crippen LogP contribution is 2.36. The highest BCUT2D eigenvalue weighted by atomic mass is 32.1. The molecule has 0 aliphatic carbocycles. The molecule has 3 aromatic rings. The molecule has 0 bridgehead atoms. The van der Waals surface area contributed by atoms with E-state index in [1.165, 1.54) is 4.88 Å². The Balaban J connectivity index is 1.93. The lowest BCUT2D eigenvalue weighted by Gasteiger charge is -2.32. The molecule has 104 valence electrons. The summed E-state index contributed by atoms with van der Waals surface area (Å²) < 4.78 is 5.59. The van der Waals surface area contributed by atoms with Crippen LogP contribution in [-0.4, -0.2) is 5.71 Å². The van der Waals surface area contributed by atoms with Crippen LogP contribution in [0.4, 0.5) is 5.69 Å². The van der Waals surface area contributed by atoms with Crippen molar-refractivity contribution in [3.8, 4) is 0 Å². The molecule has 21 heavy (non-hydrogen) atoms. The summed E-state index contributed by atoms with van der Waals surface area (Å²) in [6.07, 6.45) is 1.68. The zero-order valence-electron chi connectivity index (χ0n) is 11.5. The summed E-state index contributed by atoms with van der Waals surface area (Å²) in [5.74, 6) is 0.811. The van der Waals surface area contributed by atoms with Gasteiger partial charge in [0.25, 0.3) is 0 Å². The lowest BCUT2D eigenvalue weighted by Crippen LogP contribution is -2.35. The lowest BCUT2D eigenvalue weighted by atomic mass is 9.99. The van der Waals surface area contributed by atoms with Gasteiger partial charge in [0.1, 0.15) is 0 Å². The Hall–Kier alpha value is -2.33. The summed E-state index contributed by atoms with van der Waals surface area (Å²) >= 11 is 1.70. The average molecular weight is 294 g/mol. The van der Waals surface area contributed by atoms with Crippen LogP contribution in [0.15, 0.2) is 69.6 Å². The molecule has 1 unspecified atom stereocenters. The van der Waals surface area contributed by atoms with E-state index < -0.39 is 5.66 Å². The Labute approximate surface area is 127 Å². The number of aliphatic imine (C=N–C) groups is 1. The molecule has 0 amide bonds. The third-order valence-corrected chi connectivity index (χ3v) is 4.53. The van der Waals surface area contributed by atoms with Crippen molar-refractivity contribution >= 4 is 22.7 Å². The molecular formula is C17H14N2OS. The van der Waals surface area contributed by atoms with Crippen molar-refractivity contribution in [2.24, 2.45) is 4.99 Å². The summed E-state index contributed by atoms with van der Waals surface area (Å²) in [5.41, 5.74) is 2.63. The van der Waals surface area contributed by atoms with E-state index in [9.17, 15) is 0 Å². The molecule has 0 saturated carbocycles. The van der Waals surface area contributed by atoms with Gasteiger partial charge in [-0.15, -0.1) is 11.3 Å². The minimum Gasteiger partial charge on any atom is -0.465 e. The predicted molar refractivity (Wildman–Crippen MR) is 86.1 cm³/mol. The molecule has 2 aromatic heterocycles. The van der Waals surface area contributed by atoms with Crippen LogP contribution in [0, 0.1) is 0 Å². The van der Waals surface area contributed by atoms with Crippen LogP contribution in [0.2, 0.25) is 0 Å². The van der Waals surface area contributed by atoms with Crippen molar-refractivity contribution in [1.29, 1.82) is 0 Å². The third-order valence-electron chi connectivity index (χ3n) is 3.65. The summed E-state index contributed by atoms with van der Waals surface area (Å²) in [7, 11) is 0. The molecule has 0 radical (unpaired) electrons. The monoisotopic (exact) mass is 294 g/mol. The maximum Gasteiger partial charge on any atom is 0.186 e. The first-order chi connectivity index (χ1) is 10.3. The third kappa shape index (κ3) is 1.99. The first-order valence-corrected chi connectivity index (χ1v) is 7.69. The molecule has 1 N–H and O–H groups in total. The number of thiophene rings is 1. The van der Waals surface area contributed by atoms with Gasteiger partial charge in [-0.25, -0.2) is 4.99 Å². The van der Waals surface area contributed by atoms with Gasteiger partial charge >= 0.3 is 0 Å². The smallest absolute Gasteiger partial charge is 0.186 e. The van der Waals surface area contributed by atoms with Crippen LogP contribution >= 0.6 is 11.3 Å². The van der Waals surface area contributed by atoms with Gasteiger partial charge in [-0.1, -0.05) is 24.3 Å². The van der Waals surface area contributed by atoms with Crippen molar-refractivity contribution in [3.05, 3.63) is 76.4 Å². The van der Waals surface area contributed by atoms with Gasteiger partial charge in [0.15, 0.2) is 11.4 Å². The van der Waals surface area contributed by atoms with E-state index in [0.29, 0.717) is 0 Å². The number of para-hydroxylation sites is 1. The molecule has 1 aromatic carbocycles.